The molecule has 0 saturated carbocycles. The first-order valence-corrected chi connectivity index (χ1v) is 12.3. The normalized spacial score (nSPS) is 14.4. The van der Waals surface area contributed by atoms with E-state index in [0.29, 0.717) is 17.4 Å². The average molecular weight is 487 g/mol. The summed E-state index contributed by atoms with van der Waals surface area (Å²) in [5, 5.41) is 0. The number of aromatic nitrogens is 2. The molecule has 0 aromatic carbocycles. The third-order valence-electron chi connectivity index (χ3n) is 5.77. The van der Waals surface area contributed by atoms with Crippen LogP contribution in [0.3, 0.4) is 0 Å². The van der Waals surface area contributed by atoms with Gasteiger partial charge in [-0.1, -0.05) is 33.6 Å². The Hall–Kier alpha value is -1.84. The van der Waals surface area contributed by atoms with Crippen molar-refractivity contribution >= 4 is 27.5 Å². The largest absolute Gasteiger partial charge is 0.339 e. The van der Waals surface area contributed by atoms with Crippen molar-refractivity contribution in [1.29, 1.82) is 0 Å². The molecule has 2 aromatic heterocycles. The van der Waals surface area contributed by atoms with Crippen molar-refractivity contribution in [1.82, 2.24) is 19.2 Å². The Morgan fingerprint density at radius 2 is 1.77 bits per heavy atom. The first-order chi connectivity index (χ1) is 14.8. The molecule has 168 valence electrons. The second kappa shape index (κ2) is 11.2. The Morgan fingerprint density at radius 1 is 1.13 bits per heavy atom. The minimum absolute atomic E-state index is 0.0870. The van der Waals surface area contributed by atoms with Crippen LogP contribution in [0.2, 0.25) is 0 Å². The van der Waals surface area contributed by atoms with Crippen LogP contribution in [0.15, 0.2) is 22.9 Å². The monoisotopic (exact) mass is 486 g/mol. The number of hydrogen-bond acceptors (Lipinski definition) is 3. The van der Waals surface area contributed by atoms with Crippen LogP contribution in [-0.4, -0.2) is 57.8 Å². The van der Waals surface area contributed by atoms with Crippen molar-refractivity contribution in [2.24, 2.45) is 11.8 Å². The van der Waals surface area contributed by atoms with Crippen LogP contribution >= 0.6 is 15.9 Å². The van der Waals surface area contributed by atoms with Crippen molar-refractivity contribution in [2.45, 2.75) is 53.4 Å². The average Bonchev–Trinajstić information content (AvgIpc) is 3.34. The third-order valence-corrected chi connectivity index (χ3v) is 6.32. The lowest BCUT2D eigenvalue weighted by Gasteiger charge is -2.24. The van der Waals surface area contributed by atoms with Gasteiger partial charge in [0.2, 0.25) is 0 Å². The number of likely N-dealkylation sites (tertiary alicyclic amines) is 1. The lowest BCUT2D eigenvalue weighted by Crippen LogP contribution is -2.34. The zero-order valence-electron chi connectivity index (χ0n) is 19.3. The first kappa shape index (κ1) is 23.8. The predicted molar refractivity (Wildman–Crippen MR) is 130 cm³/mol. The molecule has 0 bridgehead atoms. The van der Waals surface area contributed by atoms with Crippen molar-refractivity contribution < 1.29 is 4.79 Å². The van der Waals surface area contributed by atoms with Gasteiger partial charge in [-0.3, -0.25) is 14.1 Å². The van der Waals surface area contributed by atoms with Gasteiger partial charge in [-0.15, -0.1) is 0 Å². The number of carbonyl (C=O) groups is 1. The van der Waals surface area contributed by atoms with Gasteiger partial charge >= 0.3 is 0 Å². The van der Waals surface area contributed by atoms with Gasteiger partial charge in [-0.05, 0) is 84.6 Å². The maximum atomic E-state index is 13.4. The summed E-state index contributed by atoms with van der Waals surface area (Å²) in [4.78, 5) is 22.3. The molecular weight excluding hydrogens is 452 g/mol. The molecule has 1 aliphatic rings. The quantitative estimate of drug-likeness (QED) is 0.488. The lowest BCUT2D eigenvalue weighted by molar-refractivity contribution is 0.0740. The van der Waals surface area contributed by atoms with Gasteiger partial charge in [-0.2, -0.15) is 0 Å². The maximum Gasteiger partial charge on any atom is 0.255 e. The highest BCUT2D eigenvalue weighted by Gasteiger charge is 2.18. The molecule has 1 amide bonds. The fourth-order valence-corrected chi connectivity index (χ4v) is 4.23. The number of rotatable bonds is 8. The highest BCUT2D eigenvalue weighted by molar-refractivity contribution is 9.10. The number of imidazole rings is 1. The lowest BCUT2D eigenvalue weighted by atomic mass is 10.1. The van der Waals surface area contributed by atoms with Gasteiger partial charge in [0, 0.05) is 19.3 Å². The second-order valence-corrected chi connectivity index (χ2v) is 10.1. The van der Waals surface area contributed by atoms with E-state index in [9.17, 15) is 4.79 Å². The molecule has 3 rings (SSSR count). The zero-order valence-corrected chi connectivity index (χ0v) is 20.9. The van der Waals surface area contributed by atoms with E-state index in [1.54, 1.807) is 0 Å². The molecule has 1 saturated heterocycles. The van der Waals surface area contributed by atoms with Crippen LogP contribution in [0.25, 0.3) is 5.65 Å². The van der Waals surface area contributed by atoms with Crippen LogP contribution in [0.4, 0.5) is 0 Å². The fraction of sp³-hybridized carbons (Fsp3) is 0.600. The van der Waals surface area contributed by atoms with E-state index < -0.39 is 0 Å². The van der Waals surface area contributed by atoms with E-state index in [0.717, 1.165) is 61.5 Å². The van der Waals surface area contributed by atoms with E-state index in [1.807, 2.05) is 27.6 Å². The standard InChI is InChI=1S/C25H35BrN4O/c1-19(2)11-16-29(17-12-20(3)4)25(31)21-9-10-23-27-24(26)22(30(23)18-21)8-7-15-28-13-5-6-14-28/h9-10,18-20H,5-6,11-17H2,1-4H3. The Labute approximate surface area is 195 Å². The summed E-state index contributed by atoms with van der Waals surface area (Å²) in [5.41, 5.74) is 2.29. The molecule has 3 heterocycles. The van der Waals surface area contributed by atoms with E-state index in [2.05, 4.69) is 65.3 Å². The van der Waals surface area contributed by atoms with E-state index in [1.165, 1.54) is 12.8 Å². The van der Waals surface area contributed by atoms with E-state index in [-0.39, 0.29) is 5.91 Å². The molecule has 0 spiro atoms. The molecule has 0 N–H and O–H groups in total. The summed E-state index contributed by atoms with van der Waals surface area (Å²) in [5.74, 6) is 7.79. The van der Waals surface area contributed by atoms with Crippen molar-refractivity contribution in [3.63, 3.8) is 0 Å². The predicted octanol–water partition coefficient (Wildman–Crippen LogP) is 5.08. The Kier molecular flexibility index (Phi) is 8.57. The highest BCUT2D eigenvalue weighted by atomic mass is 79.9. The molecule has 0 unspecified atom stereocenters. The summed E-state index contributed by atoms with van der Waals surface area (Å²) < 4.78 is 2.67. The van der Waals surface area contributed by atoms with Gasteiger partial charge in [0.15, 0.2) is 0 Å². The van der Waals surface area contributed by atoms with Crippen LogP contribution in [0.1, 0.15) is 69.4 Å². The molecular formula is C25H35BrN4O. The van der Waals surface area contributed by atoms with Crippen molar-refractivity contribution in [3.05, 3.63) is 34.2 Å². The molecule has 1 fully saturated rings. The molecule has 6 heteroatoms. The van der Waals surface area contributed by atoms with Crippen LogP contribution in [-0.2, 0) is 0 Å². The SMILES string of the molecule is CC(C)CCN(CCC(C)C)C(=O)c1ccc2nc(Br)c(C#CCN3CCCC3)n2c1. The minimum Gasteiger partial charge on any atom is -0.339 e. The summed E-state index contributed by atoms with van der Waals surface area (Å²) in [6.45, 7) is 13.4. The smallest absolute Gasteiger partial charge is 0.255 e. The Balaban J connectivity index is 1.83. The van der Waals surface area contributed by atoms with Crippen molar-refractivity contribution in [3.8, 4) is 11.8 Å². The number of fused-ring (bicyclic) bond motifs is 1. The number of amides is 1. The summed E-state index contributed by atoms with van der Waals surface area (Å²) in [7, 11) is 0. The molecule has 0 aliphatic carbocycles. The number of halogens is 1. The van der Waals surface area contributed by atoms with Crippen LogP contribution < -0.4 is 0 Å². The molecule has 1 aliphatic heterocycles. The van der Waals surface area contributed by atoms with Crippen LogP contribution in [0, 0.1) is 23.7 Å². The summed E-state index contributed by atoms with van der Waals surface area (Å²) >= 11 is 3.55. The van der Waals surface area contributed by atoms with Crippen LogP contribution in [0.5, 0.6) is 0 Å². The molecule has 31 heavy (non-hydrogen) atoms. The number of hydrogen-bond donors (Lipinski definition) is 0. The number of carbonyl (C=O) groups excluding carboxylic acids is 1. The van der Waals surface area contributed by atoms with Gasteiger partial charge in [0.1, 0.15) is 15.9 Å². The highest BCUT2D eigenvalue weighted by Crippen LogP contribution is 2.20. The molecule has 5 nitrogen and oxygen atoms in total. The number of nitrogens with zero attached hydrogens (tertiary/aromatic N) is 4. The zero-order chi connectivity index (χ0) is 22.4. The molecule has 0 atom stereocenters. The topological polar surface area (TPSA) is 40.9 Å². The summed E-state index contributed by atoms with van der Waals surface area (Å²) in [6.07, 6.45) is 6.44. The van der Waals surface area contributed by atoms with E-state index >= 15 is 0 Å². The van der Waals surface area contributed by atoms with Gasteiger partial charge in [0.05, 0.1) is 12.1 Å². The van der Waals surface area contributed by atoms with E-state index in [4.69, 9.17) is 0 Å². The Bertz CT molecular complexity index is 936. The van der Waals surface area contributed by atoms with Gasteiger partial charge < -0.3 is 4.90 Å². The minimum atomic E-state index is 0.0870. The first-order valence-electron chi connectivity index (χ1n) is 11.5. The van der Waals surface area contributed by atoms with Gasteiger partial charge in [-0.25, -0.2) is 4.98 Å². The Morgan fingerprint density at radius 3 is 2.39 bits per heavy atom. The molecule has 2 aromatic rings. The third kappa shape index (κ3) is 6.57. The summed E-state index contributed by atoms with van der Waals surface area (Å²) in [6, 6.07) is 3.79. The second-order valence-electron chi connectivity index (χ2n) is 9.34. The maximum absolute atomic E-state index is 13.4. The van der Waals surface area contributed by atoms with Crippen molar-refractivity contribution in [2.75, 3.05) is 32.7 Å². The fourth-order valence-electron chi connectivity index (χ4n) is 3.76. The van der Waals surface area contributed by atoms with Gasteiger partial charge in [0.25, 0.3) is 5.91 Å². The number of pyridine rings is 1. The molecule has 0 radical (unpaired) electrons.